The van der Waals surface area contributed by atoms with E-state index in [1.54, 1.807) is 24.5 Å². The maximum absolute atomic E-state index is 5.77. The zero-order valence-electron chi connectivity index (χ0n) is 11.3. The molecule has 7 heteroatoms. The molecule has 0 N–H and O–H groups in total. The van der Waals surface area contributed by atoms with Gasteiger partial charge in [-0.25, -0.2) is 4.98 Å². The summed E-state index contributed by atoms with van der Waals surface area (Å²) >= 11 is 5.77. The Kier molecular flexibility index (Phi) is 3.01. The molecule has 0 unspecified atom stereocenters. The lowest BCUT2D eigenvalue weighted by molar-refractivity contribution is 0.717. The van der Waals surface area contributed by atoms with Crippen molar-refractivity contribution in [1.29, 1.82) is 0 Å². The van der Waals surface area contributed by atoms with Crippen LogP contribution < -0.4 is 0 Å². The Labute approximate surface area is 130 Å². The first-order valence-electron chi connectivity index (χ1n) is 6.57. The number of nitrogens with zero attached hydrogens (tertiary/aromatic N) is 6. The number of hydrogen-bond donors (Lipinski definition) is 0. The third-order valence-corrected chi connectivity index (χ3v) is 3.43. The zero-order chi connectivity index (χ0) is 14.9. The van der Waals surface area contributed by atoms with E-state index >= 15 is 0 Å². The van der Waals surface area contributed by atoms with Crippen LogP contribution in [0.4, 0.5) is 0 Å². The molecule has 0 spiro atoms. The Morgan fingerprint density at radius 3 is 2.73 bits per heavy atom. The van der Waals surface area contributed by atoms with Gasteiger partial charge in [-0.1, -0.05) is 29.8 Å². The van der Waals surface area contributed by atoms with Gasteiger partial charge in [0.2, 0.25) is 5.82 Å². The third kappa shape index (κ3) is 2.29. The van der Waals surface area contributed by atoms with Gasteiger partial charge in [0, 0.05) is 17.1 Å². The number of pyridine rings is 2. The minimum Gasteiger partial charge on any atom is -0.255 e. The molecule has 0 aliphatic carbocycles. The highest BCUT2D eigenvalue weighted by molar-refractivity contribution is 6.29. The Hall–Kier alpha value is -2.86. The first-order chi connectivity index (χ1) is 10.8. The molecule has 0 amide bonds. The summed E-state index contributed by atoms with van der Waals surface area (Å²) in [6.07, 6.45) is 3.33. The van der Waals surface area contributed by atoms with Crippen LogP contribution in [0.25, 0.3) is 28.0 Å². The van der Waals surface area contributed by atoms with Crippen molar-refractivity contribution >= 4 is 22.5 Å². The first-order valence-corrected chi connectivity index (χ1v) is 6.94. The Bertz CT molecular complexity index is 948. The molecule has 4 aromatic rings. The largest absolute Gasteiger partial charge is 0.255 e. The Morgan fingerprint density at radius 1 is 0.955 bits per heavy atom. The lowest BCUT2D eigenvalue weighted by atomic mass is 10.1. The van der Waals surface area contributed by atoms with Crippen LogP contribution in [-0.4, -0.2) is 30.2 Å². The standard InChI is InChI=1S/C15H9ClN6/c16-14-6-5-12(9-18-14)22-20-15(19-21-22)11-7-10-3-1-2-4-13(10)17-8-11/h1-9H. The number of tetrazole rings is 1. The molecule has 106 valence electrons. The van der Waals surface area contributed by atoms with E-state index < -0.39 is 0 Å². The highest BCUT2D eigenvalue weighted by Gasteiger charge is 2.09. The maximum atomic E-state index is 5.77. The molecule has 6 nitrogen and oxygen atoms in total. The van der Waals surface area contributed by atoms with Gasteiger partial charge in [0.15, 0.2) is 0 Å². The minimum absolute atomic E-state index is 0.419. The van der Waals surface area contributed by atoms with Gasteiger partial charge in [-0.3, -0.25) is 4.98 Å². The van der Waals surface area contributed by atoms with Crippen LogP contribution in [0.2, 0.25) is 5.15 Å². The number of rotatable bonds is 2. The number of benzene rings is 1. The van der Waals surface area contributed by atoms with Gasteiger partial charge in [-0.2, -0.15) is 0 Å². The molecular weight excluding hydrogens is 300 g/mol. The number of fused-ring (bicyclic) bond motifs is 1. The lowest BCUT2D eigenvalue weighted by Crippen LogP contribution is -1.99. The van der Waals surface area contributed by atoms with Gasteiger partial charge in [-0.05, 0) is 29.5 Å². The average molecular weight is 309 g/mol. The lowest BCUT2D eigenvalue weighted by Gasteiger charge is -1.99. The van der Waals surface area contributed by atoms with Crippen LogP contribution in [-0.2, 0) is 0 Å². The van der Waals surface area contributed by atoms with E-state index in [0.29, 0.717) is 16.7 Å². The molecule has 0 saturated carbocycles. The Morgan fingerprint density at radius 2 is 1.86 bits per heavy atom. The molecule has 3 aromatic heterocycles. The molecule has 22 heavy (non-hydrogen) atoms. The maximum Gasteiger partial charge on any atom is 0.206 e. The van der Waals surface area contributed by atoms with Crippen LogP contribution >= 0.6 is 11.6 Å². The fourth-order valence-corrected chi connectivity index (χ4v) is 2.23. The molecule has 0 radical (unpaired) electrons. The quantitative estimate of drug-likeness (QED) is 0.532. The first kappa shape index (κ1) is 12.8. The van der Waals surface area contributed by atoms with Gasteiger partial charge in [0.25, 0.3) is 0 Å². The molecule has 0 bridgehead atoms. The van der Waals surface area contributed by atoms with Crippen LogP contribution in [0, 0.1) is 0 Å². The van der Waals surface area contributed by atoms with Crippen molar-refractivity contribution in [3.8, 4) is 17.1 Å². The van der Waals surface area contributed by atoms with Crippen molar-refractivity contribution in [2.45, 2.75) is 0 Å². The second kappa shape index (κ2) is 5.16. The van der Waals surface area contributed by atoms with Crippen LogP contribution in [0.3, 0.4) is 0 Å². The average Bonchev–Trinajstić information content (AvgIpc) is 3.05. The third-order valence-electron chi connectivity index (χ3n) is 3.20. The monoisotopic (exact) mass is 308 g/mol. The summed E-state index contributed by atoms with van der Waals surface area (Å²) in [5.41, 5.74) is 2.43. The molecule has 0 fully saturated rings. The summed E-state index contributed by atoms with van der Waals surface area (Å²) in [4.78, 5) is 9.82. The van der Waals surface area contributed by atoms with Crippen LogP contribution in [0.5, 0.6) is 0 Å². The van der Waals surface area contributed by atoms with Crippen LogP contribution in [0.1, 0.15) is 0 Å². The van der Waals surface area contributed by atoms with E-state index in [1.165, 1.54) is 4.80 Å². The summed E-state index contributed by atoms with van der Waals surface area (Å²) in [5, 5.41) is 13.9. The number of aromatic nitrogens is 6. The number of halogens is 1. The summed E-state index contributed by atoms with van der Waals surface area (Å²) in [6.45, 7) is 0. The highest BCUT2D eigenvalue weighted by atomic mass is 35.5. The van der Waals surface area contributed by atoms with Gasteiger partial charge in [0.05, 0.1) is 11.7 Å². The summed E-state index contributed by atoms with van der Waals surface area (Å²) in [6, 6.07) is 13.3. The second-order valence-electron chi connectivity index (χ2n) is 4.66. The predicted molar refractivity (Wildman–Crippen MR) is 82.7 cm³/mol. The van der Waals surface area contributed by atoms with E-state index in [2.05, 4.69) is 25.4 Å². The van der Waals surface area contributed by atoms with E-state index in [1.807, 2.05) is 30.3 Å². The van der Waals surface area contributed by atoms with Gasteiger partial charge in [0.1, 0.15) is 10.8 Å². The minimum atomic E-state index is 0.419. The van der Waals surface area contributed by atoms with E-state index in [0.717, 1.165) is 16.5 Å². The predicted octanol–water partition coefficient (Wildman–Crippen LogP) is 2.93. The zero-order valence-corrected chi connectivity index (χ0v) is 12.0. The molecule has 0 saturated heterocycles. The number of hydrogen-bond acceptors (Lipinski definition) is 5. The SMILES string of the molecule is Clc1ccc(-n2nnc(-c3cnc4ccccc4c3)n2)cn1. The number of para-hydroxylation sites is 1. The fraction of sp³-hybridized carbons (Fsp3) is 0. The van der Waals surface area contributed by atoms with Crippen molar-refractivity contribution < 1.29 is 0 Å². The normalized spacial score (nSPS) is 11.0. The van der Waals surface area contributed by atoms with Crippen molar-refractivity contribution in [1.82, 2.24) is 30.2 Å². The van der Waals surface area contributed by atoms with Crippen LogP contribution in [0.15, 0.2) is 54.9 Å². The molecule has 0 atom stereocenters. The molecular formula is C15H9ClN6. The topological polar surface area (TPSA) is 69.4 Å². The van der Waals surface area contributed by atoms with E-state index in [9.17, 15) is 0 Å². The smallest absolute Gasteiger partial charge is 0.206 e. The summed E-state index contributed by atoms with van der Waals surface area (Å²) < 4.78 is 0. The van der Waals surface area contributed by atoms with E-state index in [-0.39, 0.29) is 0 Å². The van der Waals surface area contributed by atoms with Crippen molar-refractivity contribution in [3.05, 3.63) is 60.0 Å². The van der Waals surface area contributed by atoms with Gasteiger partial charge in [-0.15, -0.1) is 15.0 Å². The van der Waals surface area contributed by atoms with Gasteiger partial charge >= 0.3 is 0 Å². The van der Waals surface area contributed by atoms with Crippen molar-refractivity contribution in [2.75, 3.05) is 0 Å². The molecule has 0 aliphatic rings. The summed E-state index contributed by atoms with van der Waals surface area (Å²) in [7, 11) is 0. The summed E-state index contributed by atoms with van der Waals surface area (Å²) in [5.74, 6) is 0.508. The second-order valence-corrected chi connectivity index (χ2v) is 5.05. The van der Waals surface area contributed by atoms with Crippen molar-refractivity contribution in [2.24, 2.45) is 0 Å². The van der Waals surface area contributed by atoms with E-state index in [4.69, 9.17) is 11.6 Å². The highest BCUT2D eigenvalue weighted by Crippen LogP contribution is 2.19. The molecule has 0 aliphatic heterocycles. The molecule has 3 heterocycles. The molecule has 4 rings (SSSR count). The van der Waals surface area contributed by atoms with Gasteiger partial charge < -0.3 is 0 Å². The molecule has 1 aromatic carbocycles. The Balaban J connectivity index is 1.74. The fourth-order valence-electron chi connectivity index (χ4n) is 2.12. The van der Waals surface area contributed by atoms with Crippen molar-refractivity contribution in [3.63, 3.8) is 0 Å².